The predicted molar refractivity (Wildman–Crippen MR) is 137 cm³/mol. The molecule has 7 heteroatoms. The minimum atomic E-state index is -0.916. The third kappa shape index (κ3) is 10.1. The van der Waals surface area contributed by atoms with Crippen LogP contribution >= 0.6 is 0 Å². The molecule has 36 heavy (non-hydrogen) atoms. The van der Waals surface area contributed by atoms with Crippen LogP contribution in [0.1, 0.15) is 51.2 Å². The number of ketones is 2. The van der Waals surface area contributed by atoms with E-state index in [1.54, 1.807) is 0 Å². The number of carbonyl (C=O) groups excluding carboxylic acids is 4. The summed E-state index contributed by atoms with van der Waals surface area (Å²) in [6.07, 6.45) is 0.496. The van der Waals surface area contributed by atoms with E-state index < -0.39 is 36.4 Å². The van der Waals surface area contributed by atoms with Gasteiger partial charge in [0.25, 0.3) is 0 Å². The molecule has 0 aliphatic carbocycles. The lowest BCUT2D eigenvalue weighted by atomic mass is 9.89. The number of hydrogen-bond donors (Lipinski definition) is 2. The molecule has 0 heterocycles. The van der Waals surface area contributed by atoms with Crippen molar-refractivity contribution in [2.75, 3.05) is 6.61 Å². The van der Waals surface area contributed by atoms with Gasteiger partial charge < -0.3 is 20.0 Å². The predicted octanol–water partition coefficient (Wildman–Crippen LogP) is 3.67. The SMILES string of the molecule is CC(=O)C[C@@H](CO)C(=O)N[C@@H](CC(C)C)C(=O)CC(Cc1ccccc1)C(=O)OCc1ccccc1. The lowest BCUT2D eigenvalue weighted by Gasteiger charge is -2.24. The van der Waals surface area contributed by atoms with E-state index in [0.717, 1.165) is 11.1 Å². The molecule has 2 N–H and O–H groups in total. The van der Waals surface area contributed by atoms with Gasteiger partial charge in [-0.1, -0.05) is 74.5 Å². The minimum absolute atomic E-state index is 0.0947. The third-order valence-corrected chi connectivity index (χ3v) is 5.87. The molecule has 194 valence electrons. The van der Waals surface area contributed by atoms with Crippen LogP contribution in [-0.2, 0) is 36.9 Å². The van der Waals surface area contributed by atoms with Crippen LogP contribution in [0, 0.1) is 17.8 Å². The second kappa shape index (κ2) is 14.9. The summed E-state index contributed by atoms with van der Waals surface area (Å²) < 4.78 is 5.56. The molecular formula is C29H37NO6. The van der Waals surface area contributed by atoms with Gasteiger partial charge in [-0.25, -0.2) is 0 Å². The quantitative estimate of drug-likeness (QED) is 0.365. The Labute approximate surface area is 213 Å². The molecule has 2 aromatic carbocycles. The fourth-order valence-electron chi connectivity index (χ4n) is 3.99. The number of benzene rings is 2. The van der Waals surface area contributed by atoms with Gasteiger partial charge in [-0.2, -0.15) is 0 Å². The first-order valence-electron chi connectivity index (χ1n) is 12.4. The van der Waals surface area contributed by atoms with Gasteiger partial charge >= 0.3 is 5.97 Å². The molecular weight excluding hydrogens is 458 g/mol. The summed E-state index contributed by atoms with van der Waals surface area (Å²) >= 11 is 0. The number of aliphatic hydroxyl groups excluding tert-OH is 1. The molecule has 0 saturated heterocycles. The van der Waals surface area contributed by atoms with E-state index in [4.69, 9.17) is 4.74 Å². The number of nitrogens with one attached hydrogen (secondary N) is 1. The van der Waals surface area contributed by atoms with Gasteiger partial charge in [0.2, 0.25) is 5.91 Å². The van der Waals surface area contributed by atoms with Gasteiger partial charge in [-0.3, -0.25) is 14.4 Å². The smallest absolute Gasteiger partial charge is 0.310 e. The van der Waals surface area contributed by atoms with Gasteiger partial charge in [0.15, 0.2) is 5.78 Å². The van der Waals surface area contributed by atoms with Gasteiger partial charge in [-0.05, 0) is 36.8 Å². The van der Waals surface area contributed by atoms with Gasteiger partial charge in [0.05, 0.1) is 24.5 Å². The second-order valence-electron chi connectivity index (χ2n) is 9.63. The van der Waals surface area contributed by atoms with E-state index in [2.05, 4.69) is 5.32 Å². The normalized spacial score (nSPS) is 13.5. The summed E-state index contributed by atoms with van der Waals surface area (Å²) in [6.45, 7) is 4.83. The molecule has 0 fully saturated rings. The number of amides is 1. The van der Waals surface area contributed by atoms with Crippen molar-refractivity contribution < 1.29 is 29.0 Å². The van der Waals surface area contributed by atoms with Gasteiger partial charge in [0.1, 0.15) is 12.4 Å². The molecule has 0 aromatic heterocycles. The molecule has 2 rings (SSSR count). The number of esters is 1. The van der Waals surface area contributed by atoms with Crippen LogP contribution in [0.3, 0.4) is 0 Å². The van der Waals surface area contributed by atoms with Crippen LogP contribution in [0.5, 0.6) is 0 Å². The zero-order valence-electron chi connectivity index (χ0n) is 21.3. The van der Waals surface area contributed by atoms with Crippen LogP contribution < -0.4 is 5.32 Å². The molecule has 2 aromatic rings. The average Bonchev–Trinajstić information content (AvgIpc) is 2.85. The summed E-state index contributed by atoms with van der Waals surface area (Å²) in [5.74, 6) is -3.07. The highest BCUT2D eigenvalue weighted by Gasteiger charge is 2.31. The largest absolute Gasteiger partial charge is 0.461 e. The minimum Gasteiger partial charge on any atom is -0.461 e. The first kappa shape index (κ1) is 28.9. The molecule has 3 atom stereocenters. The zero-order valence-corrected chi connectivity index (χ0v) is 21.3. The van der Waals surface area contributed by atoms with Crippen molar-refractivity contribution in [2.24, 2.45) is 17.8 Å². The number of Topliss-reactive ketones (excluding diaryl/α,β-unsaturated/α-hetero) is 2. The van der Waals surface area contributed by atoms with Crippen LogP contribution in [0.15, 0.2) is 60.7 Å². The molecule has 0 radical (unpaired) electrons. The zero-order chi connectivity index (χ0) is 26.5. The Kier molecular flexibility index (Phi) is 12.0. The fraction of sp³-hybridized carbons (Fsp3) is 0.448. The van der Waals surface area contributed by atoms with E-state index in [1.807, 2.05) is 74.5 Å². The van der Waals surface area contributed by atoms with Crippen molar-refractivity contribution in [1.82, 2.24) is 5.32 Å². The van der Waals surface area contributed by atoms with Crippen molar-refractivity contribution in [3.05, 3.63) is 71.8 Å². The number of aliphatic hydroxyl groups is 1. The van der Waals surface area contributed by atoms with Crippen LogP contribution in [0.4, 0.5) is 0 Å². The summed E-state index contributed by atoms with van der Waals surface area (Å²) in [7, 11) is 0. The number of carbonyl (C=O) groups is 4. The maximum Gasteiger partial charge on any atom is 0.310 e. The summed E-state index contributed by atoms with van der Waals surface area (Å²) in [4.78, 5) is 50.6. The molecule has 0 bridgehead atoms. The Hall–Kier alpha value is -3.32. The maximum atomic E-state index is 13.4. The van der Waals surface area contributed by atoms with Crippen LogP contribution in [0.2, 0.25) is 0 Å². The number of ether oxygens (including phenoxy) is 1. The summed E-state index contributed by atoms with van der Waals surface area (Å²) in [5, 5.41) is 12.3. The Morgan fingerprint density at radius 1 is 0.861 bits per heavy atom. The van der Waals surface area contributed by atoms with Crippen LogP contribution in [-0.4, -0.2) is 41.2 Å². The third-order valence-electron chi connectivity index (χ3n) is 5.87. The van der Waals surface area contributed by atoms with Gasteiger partial charge in [-0.15, -0.1) is 0 Å². The maximum absolute atomic E-state index is 13.4. The molecule has 0 aliphatic heterocycles. The van der Waals surface area contributed by atoms with Gasteiger partial charge in [0, 0.05) is 12.8 Å². The van der Waals surface area contributed by atoms with Crippen molar-refractivity contribution in [3.63, 3.8) is 0 Å². The van der Waals surface area contributed by atoms with E-state index in [1.165, 1.54) is 6.92 Å². The standard InChI is InChI=1S/C29H37NO6/c1-20(2)14-26(30-28(34)25(18-31)15-21(3)32)27(33)17-24(16-22-10-6-4-7-11-22)29(35)36-19-23-12-8-5-9-13-23/h4-13,20,24-26,31H,14-19H2,1-3H3,(H,30,34)/t24?,25-,26-/m0/s1. The van der Waals surface area contributed by atoms with Crippen molar-refractivity contribution in [2.45, 2.75) is 59.1 Å². The van der Waals surface area contributed by atoms with E-state index >= 15 is 0 Å². The summed E-state index contributed by atoms with van der Waals surface area (Å²) in [5.41, 5.74) is 1.75. The van der Waals surface area contributed by atoms with E-state index in [9.17, 15) is 24.3 Å². The monoisotopic (exact) mass is 495 g/mol. The lowest BCUT2D eigenvalue weighted by molar-refractivity contribution is -0.151. The molecule has 0 spiro atoms. The fourth-order valence-corrected chi connectivity index (χ4v) is 3.99. The van der Waals surface area contributed by atoms with Crippen LogP contribution in [0.25, 0.3) is 0 Å². The topological polar surface area (TPSA) is 110 Å². The lowest BCUT2D eigenvalue weighted by Crippen LogP contribution is -2.46. The van der Waals surface area contributed by atoms with Crippen molar-refractivity contribution >= 4 is 23.4 Å². The molecule has 1 amide bonds. The van der Waals surface area contributed by atoms with Crippen molar-refractivity contribution in [3.8, 4) is 0 Å². The average molecular weight is 496 g/mol. The second-order valence-corrected chi connectivity index (χ2v) is 9.63. The first-order valence-corrected chi connectivity index (χ1v) is 12.4. The highest BCUT2D eigenvalue weighted by molar-refractivity contribution is 5.93. The number of hydrogen-bond acceptors (Lipinski definition) is 6. The molecule has 1 unspecified atom stereocenters. The number of rotatable bonds is 15. The van der Waals surface area contributed by atoms with E-state index in [0.29, 0.717) is 12.8 Å². The Bertz CT molecular complexity index is 989. The highest BCUT2D eigenvalue weighted by Crippen LogP contribution is 2.19. The summed E-state index contributed by atoms with van der Waals surface area (Å²) in [6, 6.07) is 17.9. The van der Waals surface area contributed by atoms with E-state index in [-0.39, 0.29) is 36.9 Å². The Balaban J connectivity index is 2.17. The molecule has 7 nitrogen and oxygen atoms in total. The van der Waals surface area contributed by atoms with Crippen molar-refractivity contribution in [1.29, 1.82) is 0 Å². The highest BCUT2D eigenvalue weighted by atomic mass is 16.5. The Morgan fingerprint density at radius 2 is 1.44 bits per heavy atom. The first-order chi connectivity index (χ1) is 17.2. The molecule has 0 aliphatic rings. The Morgan fingerprint density at radius 3 is 1.97 bits per heavy atom. The molecule has 0 saturated carbocycles.